The molecule has 2 aromatic heterocycles. The molecule has 4 rings (SSSR count). The SMILES string of the molecule is O=C(Nc1cccc(NC(=O)c2ccccc2NC(=O)c2ccsc2)c1)c1ccncc1. The molecular weight excluding hydrogens is 424 g/mol. The Morgan fingerprint density at radius 3 is 2.09 bits per heavy atom. The number of aromatic nitrogens is 1. The standard InChI is InChI=1S/C24H18N4O3S/c29-22(16-8-11-25-12-9-16)26-18-4-3-5-19(14-18)27-24(31)20-6-1-2-7-21(20)28-23(30)17-10-13-32-15-17/h1-15H,(H,26,29)(H,27,31)(H,28,30). The Morgan fingerprint density at radius 1 is 0.688 bits per heavy atom. The highest BCUT2D eigenvalue weighted by molar-refractivity contribution is 7.08. The summed E-state index contributed by atoms with van der Waals surface area (Å²) in [6.45, 7) is 0. The van der Waals surface area contributed by atoms with Gasteiger partial charge in [0.15, 0.2) is 0 Å². The van der Waals surface area contributed by atoms with Crippen molar-refractivity contribution in [3.8, 4) is 0 Å². The van der Waals surface area contributed by atoms with Crippen molar-refractivity contribution in [2.45, 2.75) is 0 Å². The van der Waals surface area contributed by atoms with Crippen LogP contribution >= 0.6 is 11.3 Å². The summed E-state index contributed by atoms with van der Waals surface area (Å²) in [6.07, 6.45) is 3.08. The van der Waals surface area contributed by atoms with E-state index in [2.05, 4.69) is 20.9 Å². The zero-order chi connectivity index (χ0) is 22.3. The highest BCUT2D eigenvalue weighted by Crippen LogP contribution is 2.21. The van der Waals surface area contributed by atoms with Crippen LogP contribution in [-0.4, -0.2) is 22.7 Å². The van der Waals surface area contributed by atoms with Crippen LogP contribution in [0.15, 0.2) is 89.9 Å². The molecule has 3 N–H and O–H groups in total. The molecule has 0 aliphatic heterocycles. The molecule has 7 nitrogen and oxygen atoms in total. The first-order valence-corrected chi connectivity index (χ1v) is 10.6. The molecule has 0 atom stereocenters. The van der Waals surface area contributed by atoms with Crippen LogP contribution in [0.2, 0.25) is 0 Å². The number of pyridine rings is 1. The zero-order valence-corrected chi connectivity index (χ0v) is 17.6. The number of para-hydroxylation sites is 1. The van der Waals surface area contributed by atoms with Crippen LogP contribution in [0.1, 0.15) is 31.1 Å². The molecule has 0 spiro atoms. The first kappa shape index (κ1) is 21.0. The van der Waals surface area contributed by atoms with E-state index in [1.807, 2.05) is 5.38 Å². The van der Waals surface area contributed by atoms with Gasteiger partial charge in [-0.3, -0.25) is 19.4 Å². The summed E-state index contributed by atoms with van der Waals surface area (Å²) in [5, 5.41) is 11.9. The lowest BCUT2D eigenvalue weighted by molar-refractivity contribution is 0.101. The third-order valence-corrected chi connectivity index (χ3v) is 5.21. The van der Waals surface area contributed by atoms with E-state index < -0.39 is 0 Å². The van der Waals surface area contributed by atoms with Crippen molar-refractivity contribution in [3.63, 3.8) is 0 Å². The molecular formula is C24H18N4O3S. The normalized spacial score (nSPS) is 10.2. The van der Waals surface area contributed by atoms with Gasteiger partial charge in [-0.1, -0.05) is 18.2 Å². The van der Waals surface area contributed by atoms with Crippen molar-refractivity contribution in [2.24, 2.45) is 0 Å². The number of rotatable bonds is 6. The lowest BCUT2D eigenvalue weighted by Gasteiger charge is -2.12. The fourth-order valence-corrected chi connectivity index (χ4v) is 3.59. The Kier molecular flexibility index (Phi) is 6.33. The number of carbonyl (C=O) groups excluding carboxylic acids is 3. The van der Waals surface area contributed by atoms with E-state index in [0.717, 1.165) is 0 Å². The number of hydrogen-bond acceptors (Lipinski definition) is 5. The fourth-order valence-electron chi connectivity index (χ4n) is 2.96. The summed E-state index contributed by atoms with van der Waals surface area (Å²) in [6, 6.07) is 18.5. The molecule has 0 saturated carbocycles. The smallest absolute Gasteiger partial charge is 0.257 e. The zero-order valence-electron chi connectivity index (χ0n) is 16.7. The first-order chi connectivity index (χ1) is 15.6. The maximum atomic E-state index is 12.9. The number of benzene rings is 2. The highest BCUT2D eigenvalue weighted by atomic mass is 32.1. The maximum Gasteiger partial charge on any atom is 0.257 e. The van der Waals surface area contributed by atoms with Gasteiger partial charge in [-0.15, -0.1) is 0 Å². The summed E-state index contributed by atoms with van der Waals surface area (Å²) in [4.78, 5) is 41.5. The van der Waals surface area contributed by atoms with Crippen LogP contribution in [0, 0.1) is 0 Å². The topological polar surface area (TPSA) is 100 Å². The van der Waals surface area contributed by atoms with Gasteiger partial charge >= 0.3 is 0 Å². The van der Waals surface area contributed by atoms with E-state index in [1.165, 1.54) is 11.3 Å². The number of anilines is 3. The Hall–Kier alpha value is -4.30. The second-order valence-corrected chi connectivity index (χ2v) is 7.52. The fraction of sp³-hybridized carbons (Fsp3) is 0. The van der Waals surface area contributed by atoms with Crippen molar-refractivity contribution < 1.29 is 14.4 Å². The highest BCUT2D eigenvalue weighted by Gasteiger charge is 2.15. The lowest BCUT2D eigenvalue weighted by atomic mass is 10.1. The third-order valence-electron chi connectivity index (χ3n) is 4.52. The van der Waals surface area contributed by atoms with E-state index in [0.29, 0.717) is 33.8 Å². The van der Waals surface area contributed by atoms with Crippen molar-refractivity contribution in [2.75, 3.05) is 16.0 Å². The van der Waals surface area contributed by atoms with Gasteiger partial charge in [-0.25, -0.2) is 0 Å². The second-order valence-electron chi connectivity index (χ2n) is 6.74. The Balaban J connectivity index is 1.47. The van der Waals surface area contributed by atoms with E-state index in [1.54, 1.807) is 84.5 Å². The number of nitrogens with zero attached hydrogens (tertiary/aromatic N) is 1. The molecule has 0 radical (unpaired) electrons. The minimum Gasteiger partial charge on any atom is -0.322 e. The van der Waals surface area contributed by atoms with Crippen molar-refractivity contribution in [1.82, 2.24) is 4.98 Å². The minimum atomic E-state index is -0.385. The average molecular weight is 443 g/mol. The van der Waals surface area contributed by atoms with Gasteiger partial charge in [0.25, 0.3) is 17.7 Å². The van der Waals surface area contributed by atoms with Crippen molar-refractivity contribution in [1.29, 1.82) is 0 Å². The summed E-state index contributed by atoms with van der Waals surface area (Å²) in [5.41, 5.74) is 2.77. The predicted octanol–water partition coefficient (Wildman–Crippen LogP) is 4.90. The second kappa shape index (κ2) is 9.67. The third kappa shape index (κ3) is 5.05. The minimum absolute atomic E-state index is 0.280. The van der Waals surface area contributed by atoms with Gasteiger partial charge in [-0.05, 0) is 53.9 Å². The lowest BCUT2D eigenvalue weighted by Crippen LogP contribution is -2.18. The van der Waals surface area contributed by atoms with Gasteiger partial charge in [0.05, 0.1) is 16.8 Å². The number of amides is 3. The monoisotopic (exact) mass is 442 g/mol. The Bertz CT molecular complexity index is 1260. The van der Waals surface area contributed by atoms with E-state index >= 15 is 0 Å². The molecule has 2 heterocycles. The molecule has 0 aliphatic carbocycles. The van der Waals surface area contributed by atoms with E-state index in [9.17, 15) is 14.4 Å². The molecule has 0 bridgehead atoms. The summed E-state index contributed by atoms with van der Waals surface area (Å²) >= 11 is 1.42. The van der Waals surface area contributed by atoms with Gasteiger partial charge in [-0.2, -0.15) is 11.3 Å². The van der Waals surface area contributed by atoms with Crippen LogP contribution in [-0.2, 0) is 0 Å². The van der Waals surface area contributed by atoms with Crippen LogP contribution < -0.4 is 16.0 Å². The molecule has 0 saturated heterocycles. The molecule has 3 amide bonds. The summed E-state index contributed by atoms with van der Waals surface area (Å²) in [5.74, 6) is -0.950. The van der Waals surface area contributed by atoms with Crippen LogP contribution in [0.4, 0.5) is 17.1 Å². The van der Waals surface area contributed by atoms with Crippen LogP contribution in [0.5, 0.6) is 0 Å². The summed E-state index contributed by atoms with van der Waals surface area (Å²) < 4.78 is 0. The maximum absolute atomic E-state index is 12.9. The predicted molar refractivity (Wildman–Crippen MR) is 125 cm³/mol. The number of carbonyl (C=O) groups is 3. The molecule has 32 heavy (non-hydrogen) atoms. The van der Waals surface area contributed by atoms with E-state index in [4.69, 9.17) is 0 Å². The molecule has 158 valence electrons. The van der Waals surface area contributed by atoms with Crippen LogP contribution in [0.3, 0.4) is 0 Å². The number of thiophene rings is 1. The Labute approximate surface area is 188 Å². The molecule has 0 fully saturated rings. The molecule has 0 aliphatic rings. The van der Waals surface area contributed by atoms with Gasteiger partial charge in [0.2, 0.25) is 0 Å². The Morgan fingerprint density at radius 2 is 1.38 bits per heavy atom. The largest absolute Gasteiger partial charge is 0.322 e. The van der Waals surface area contributed by atoms with Crippen molar-refractivity contribution >= 4 is 46.1 Å². The first-order valence-electron chi connectivity index (χ1n) is 9.65. The van der Waals surface area contributed by atoms with Gasteiger partial charge < -0.3 is 16.0 Å². The summed E-state index contributed by atoms with van der Waals surface area (Å²) in [7, 11) is 0. The number of hydrogen-bond donors (Lipinski definition) is 3. The quantitative estimate of drug-likeness (QED) is 0.395. The van der Waals surface area contributed by atoms with Gasteiger partial charge in [0, 0.05) is 34.7 Å². The molecule has 0 unspecified atom stereocenters. The molecule has 4 aromatic rings. The number of nitrogens with one attached hydrogen (secondary N) is 3. The average Bonchev–Trinajstić information content (AvgIpc) is 3.35. The van der Waals surface area contributed by atoms with Crippen LogP contribution in [0.25, 0.3) is 0 Å². The van der Waals surface area contributed by atoms with E-state index in [-0.39, 0.29) is 17.7 Å². The van der Waals surface area contributed by atoms with Gasteiger partial charge in [0.1, 0.15) is 0 Å². The van der Waals surface area contributed by atoms with Crippen molar-refractivity contribution in [3.05, 3.63) is 107 Å². The molecule has 8 heteroatoms. The molecule has 2 aromatic carbocycles.